The van der Waals surface area contributed by atoms with Gasteiger partial charge in [-0.3, -0.25) is 0 Å². The number of nitrogens with zero attached hydrogens (tertiary/aromatic N) is 2. The van der Waals surface area contributed by atoms with Gasteiger partial charge < -0.3 is 23.8 Å². The van der Waals surface area contributed by atoms with Gasteiger partial charge in [-0.15, -0.1) is 11.3 Å². The Kier molecular flexibility index (Phi) is 3.19. The van der Waals surface area contributed by atoms with Crippen molar-refractivity contribution in [3.8, 4) is 0 Å². The lowest BCUT2D eigenvalue weighted by Gasteiger charge is -2.36. The van der Waals surface area contributed by atoms with Crippen molar-refractivity contribution in [1.82, 2.24) is 4.90 Å². The van der Waals surface area contributed by atoms with Crippen LogP contribution in [0.3, 0.4) is 0 Å². The fraction of sp³-hybridized carbons (Fsp3) is 0.737. The molecule has 0 atom stereocenters. The van der Waals surface area contributed by atoms with Gasteiger partial charge >= 0.3 is 13.2 Å². The van der Waals surface area contributed by atoms with Crippen LogP contribution in [0.15, 0.2) is 12.1 Å². The van der Waals surface area contributed by atoms with Crippen molar-refractivity contribution in [1.29, 1.82) is 0 Å². The molecule has 3 heterocycles. The van der Waals surface area contributed by atoms with Crippen molar-refractivity contribution in [3.05, 3.63) is 12.1 Å². The van der Waals surface area contributed by atoms with Crippen LogP contribution in [-0.4, -0.2) is 60.9 Å². The smallest absolute Gasteiger partial charge is 0.444 e. The second-order valence-corrected chi connectivity index (χ2v) is 9.46. The summed E-state index contributed by atoms with van der Waals surface area (Å²) in [7, 11) is -0.827. The zero-order valence-electron chi connectivity index (χ0n) is 24.7. The largest absolute Gasteiger partial charge is 0.505 e. The first-order valence-corrected chi connectivity index (χ1v) is 9.51. The molecule has 1 aromatic heterocycles. The monoisotopic (exact) mass is 402 g/mol. The van der Waals surface area contributed by atoms with Gasteiger partial charge in [-0.05, 0) is 60.6 Å². The van der Waals surface area contributed by atoms with Crippen LogP contribution in [0, 0.1) is 0 Å². The fourth-order valence-corrected chi connectivity index (χ4v) is 3.20. The summed E-state index contributed by atoms with van der Waals surface area (Å²) < 4.78 is 85.6. The zero-order valence-corrected chi connectivity index (χ0v) is 17.5. The Morgan fingerprint density at radius 2 is 1.70 bits per heavy atom. The van der Waals surface area contributed by atoms with Crippen LogP contribution in [0.1, 0.15) is 59.4 Å². The Hall–Kier alpha value is -1.25. The fourth-order valence-electron chi connectivity index (χ4n) is 2.31. The van der Waals surface area contributed by atoms with Crippen LogP contribution >= 0.6 is 11.3 Å². The highest BCUT2D eigenvalue weighted by atomic mass is 32.1. The summed E-state index contributed by atoms with van der Waals surface area (Å²) in [5, 5.41) is -0.0960. The number of piperazine rings is 1. The zero-order chi connectivity index (χ0) is 27.2. The molecule has 0 radical (unpaired) electrons. The molecule has 0 aliphatic carbocycles. The molecule has 2 aliphatic heterocycles. The van der Waals surface area contributed by atoms with Gasteiger partial charge in [0, 0.05) is 30.8 Å². The van der Waals surface area contributed by atoms with Gasteiger partial charge in [0.25, 0.3) is 0 Å². The first kappa shape index (κ1) is 12.3. The standard InChI is InChI=1S/C19H31BN2O4S/c1-17(2,3)24-16(23)22-12-10-21(11-13-22)15-9-8-14(27-15)20-25-18(4,5)19(6,7)26-20/h8-9H,10-13H2,1-7H3/i10D2,11D2,12D2,13D2. The first-order chi connectivity index (χ1) is 15.4. The normalized spacial score (nSPS) is 34.1. The minimum atomic E-state index is -3.32. The molecule has 6 nitrogen and oxygen atoms in total. The Bertz CT molecular complexity index is 967. The molecule has 150 valence electrons. The Morgan fingerprint density at radius 3 is 2.22 bits per heavy atom. The number of ether oxygens (including phenoxy) is 1. The summed E-state index contributed by atoms with van der Waals surface area (Å²) in [5.41, 5.74) is -2.45. The molecule has 2 fully saturated rings. The quantitative estimate of drug-likeness (QED) is 0.712. The maximum Gasteiger partial charge on any atom is 0.505 e. The van der Waals surface area contributed by atoms with E-state index in [1.54, 1.807) is 6.07 Å². The van der Waals surface area contributed by atoms with Gasteiger partial charge in [-0.25, -0.2) is 4.79 Å². The molecule has 2 aliphatic rings. The Morgan fingerprint density at radius 1 is 1.15 bits per heavy atom. The molecular formula is C19H31BN2O4S. The van der Waals surface area contributed by atoms with E-state index < -0.39 is 56.0 Å². The van der Waals surface area contributed by atoms with E-state index >= 15 is 0 Å². The lowest BCUT2D eigenvalue weighted by atomic mass is 9.88. The number of carbonyl (C=O) groups is 1. The van der Waals surface area contributed by atoms with Gasteiger partial charge in [0.15, 0.2) is 0 Å². The molecule has 0 spiro atoms. The maximum atomic E-state index is 12.8. The van der Waals surface area contributed by atoms with Crippen LogP contribution in [0.25, 0.3) is 0 Å². The summed E-state index contributed by atoms with van der Waals surface area (Å²) in [4.78, 5) is 13.1. The van der Waals surface area contributed by atoms with Gasteiger partial charge in [0.05, 0.1) is 27.2 Å². The number of thiophene rings is 1. The summed E-state index contributed by atoms with van der Waals surface area (Å²) in [5.74, 6) is 0. The summed E-state index contributed by atoms with van der Waals surface area (Å²) in [6.45, 7) is -1.15. The van der Waals surface area contributed by atoms with Gasteiger partial charge in [-0.1, -0.05) is 0 Å². The van der Waals surface area contributed by atoms with Crippen LogP contribution < -0.4 is 9.68 Å². The Balaban J connectivity index is 2.07. The van der Waals surface area contributed by atoms with E-state index in [0.717, 1.165) is 11.3 Å². The van der Waals surface area contributed by atoms with Crippen molar-refractivity contribution in [2.75, 3.05) is 30.9 Å². The highest BCUT2D eigenvalue weighted by Gasteiger charge is 2.52. The van der Waals surface area contributed by atoms with E-state index in [1.165, 1.54) is 26.8 Å². The third kappa shape index (κ3) is 4.44. The molecular weight excluding hydrogens is 363 g/mol. The summed E-state index contributed by atoms with van der Waals surface area (Å²) in [6.07, 6.45) is -1.51. The molecule has 0 unspecified atom stereocenters. The summed E-state index contributed by atoms with van der Waals surface area (Å²) >= 11 is 0.892. The molecule has 0 saturated carbocycles. The van der Waals surface area contributed by atoms with Gasteiger partial charge in [0.2, 0.25) is 0 Å². The first-order valence-electron chi connectivity index (χ1n) is 12.7. The average Bonchev–Trinajstić information content (AvgIpc) is 3.13. The number of hydrogen-bond acceptors (Lipinski definition) is 6. The van der Waals surface area contributed by atoms with Crippen LogP contribution in [-0.2, 0) is 14.0 Å². The third-order valence-electron chi connectivity index (χ3n) is 4.44. The van der Waals surface area contributed by atoms with Crippen LogP contribution in [0.5, 0.6) is 0 Å². The minimum Gasteiger partial charge on any atom is -0.444 e. The maximum absolute atomic E-state index is 12.8. The van der Waals surface area contributed by atoms with Crippen molar-refractivity contribution in [2.24, 2.45) is 0 Å². The molecule has 1 aromatic rings. The van der Waals surface area contributed by atoms with Gasteiger partial charge in [-0.2, -0.15) is 0 Å². The number of carbonyl (C=O) groups excluding carboxylic acids is 1. The average molecular weight is 402 g/mol. The van der Waals surface area contributed by atoms with Crippen LogP contribution in [0.2, 0.25) is 0 Å². The SMILES string of the molecule is [2H]C1([2H])N(C(=O)OC(C)(C)C)C([2H])([2H])C([2H])([2H])N(c2ccc(B3OC(C)(C)C(C)(C)O3)s2)C1([2H])[2H]. The molecule has 1 amide bonds. The molecule has 0 bridgehead atoms. The second-order valence-electron chi connectivity index (χ2n) is 8.36. The molecule has 0 N–H and O–H groups in total. The lowest BCUT2D eigenvalue weighted by molar-refractivity contribution is 0.00578. The lowest BCUT2D eigenvalue weighted by Crippen LogP contribution is -2.50. The van der Waals surface area contributed by atoms with Crippen molar-refractivity contribution in [2.45, 2.75) is 65.3 Å². The van der Waals surface area contributed by atoms with Gasteiger partial charge in [0.1, 0.15) is 5.60 Å². The predicted molar refractivity (Wildman–Crippen MR) is 110 cm³/mol. The number of amides is 1. The second kappa shape index (κ2) is 6.97. The number of anilines is 1. The Labute approximate surface area is 178 Å². The van der Waals surface area contributed by atoms with E-state index in [9.17, 15) is 4.79 Å². The van der Waals surface area contributed by atoms with E-state index in [-0.39, 0.29) is 9.90 Å². The third-order valence-corrected chi connectivity index (χ3v) is 5.53. The number of hydrogen-bond donors (Lipinski definition) is 0. The molecule has 3 rings (SSSR count). The topological polar surface area (TPSA) is 51.2 Å². The highest BCUT2D eigenvalue weighted by molar-refractivity contribution is 7.25. The molecule has 8 heteroatoms. The molecule has 2 saturated heterocycles. The van der Waals surface area contributed by atoms with Crippen molar-refractivity contribution >= 4 is 34.3 Å². The molecule has 0 aromatic carbocycles. The highest BCUT2D eigenvalue weighted by Crippen LogP contribution is 2.37. The summed E-state index contributed by atoms with van der Waals surface area (Å²) in [6, 6.07) is 2.90. The van der Waals surface area contributed by atoms with E-state index in [0.29, 0.717) is 9.68 Å². The van der Waals surface area contributed by atoms with E-state index in [4.69, 9.17) is 25.0 Å². The van der Waals surface area contributed by atoms with E-state index in [2.05, 4.69) is 0 Å². The number of rotatable bonds is 2. The predicted octanol–water partition coefficient (Wildman–Crippen LogP) is 3.10. The molecule has 27 heavy (non-hydrogen) atoms. The van der Waals surface area contributed by atoms with Crippen molar-refractivity contribution < 1.29 is 29.8 Å². The van der Waals surface area contributed by atoms with Crippen molar-refractivity contribution in [3.63, 3.8) is 0 Å². The van der Waals surface area contributed by atoms with Crippen LogP contribution in [0.4, 0.5) is 9.80 Å². The van der Waals surface area contributed by atoms with E-state index in [1.807, 2.05) is 27.7 Å². The minimum absolute atomic E-state index is 0.0960.